The molecule has 2 aromatic heterocycles. The van der Waals surface area contributed by atoms with Gasteiger partial charge in [0.15, 0.2) is 13.9 Å². The smallest absolute Gasteiger partial charge is 0.239 e. The third kappa shape index (κ3) is 5.35. The maximum Gasteiger partial charge on any atom is 0.239 e. The topological polar surface area (TPSA) is 43.6 Å². The molecule has 0 radical (unpaired) electrons. The lowest BCUT2D eigenvalue weighted by molar-refractivity contribution is 0.947. The maximum atomic E-state index is 6.75. The summed E-state index contributed by atoms with van der Waals surface area (Å²) in [5, 5.41) is 7.50. The van der Waals surface area contributed by atoms with Crippen molar-refractivity contribution in [1.29, 1.82) is 0 Å². The first kappa shape index (κ1) is 30.9. The molecule has 0 saturated carbocycles. The monoisotopic (exact) mass is 690 g/mol. The third-order valence-electron chi connectivity index (χ3n) is 9.75. The Bertz CT molecular complexity index is 2570. The Kier molecular flexibility index (Phi) is 7.84. The summed E-state index contributed by atoms with van der Waals surface area (Å²) in [6.45, 7) is 0. The minimum atomic E-state index is -2.89. The molecule has 51 heavy (non-hydrogen) atoms. The quantitative estimate of drug-likeness (QED) is 0.125. The number of halogens is 1. The van der Waals surface area contributed by atoms with Gasteiger partial charge in [-0.2, -0.15) is 15.0 Å². The first-order valence-electron chi connectivity index (χ1n) is 17.0. The summed E-state index contributed by atoms with van der Waals surface area (Å²) < 4.78 is 2.08. The van der Waals surface area contributed by atoms with E-state index in [0.29, 0.717) is 11.8 Å². The van der Waals surface area contributed by atoms with E-state index in [-0.39, 0.29) is 5.28 Å². The van der Waals surface area contributed by atoms with Gasteiger partial charge in [-0.3, -0.25) is 4.57 Å². The number of aromatic nitrogens is 4. The summed E-state index contributed by atoms with van der Waals surface area (Å²) in [6.07, 6.45) is 0. The lowest BCUT2D eigenvalue weighted by atomic mass is 10.1. The molecule has 0 aliphatic rings. The largest absolute Gasteiger partial charge is 0.278 e. The van der Waals surface area contributed by atoms with Crippen LogP contribution in [-0.2, 0) is 0 Å². The van der Waals surface area contributed by atoms with Gasteiger partial charge in [0.1, 0.15) is 0 Å². The Morgan fingerprint density at radius 2 is 0.843 bits per heavy atom. The Morgan fingerprint density at radius 1 is 0.392 bits per heavy atom. The lowest BCUT2D eigenvalue weighted by Crippen LogP contribution is -2.74. The zero-order chi connectivity index (χ0) is 34.2. The number of hydrogen-bond acceptors (Lipinski definition) is 3. The van der Waals surface area contributed by atoms with Gasteiger partial charge in [-0.05, 0) is 55.6 Å². The van der Waals surface area contributed by atoms with Gasteiger partial charge in [0.25, 0.3) is 0 Å². The second kappa shape index (κ2) is 13.0. The highest BCUT2D eigenvalue weighted by Crippen LogP contribution is 2.31. The molecule has 9 aromatic rings. The highest BCUT2D eigenvalue weighted by Gasteiger charge is 2.41. The summed E-state index contributed by atoms with van der Waals surface area (Å²) in [4.78, 5) is 14.5. The molecule has 0 bridgehead atoms. The molecule has 6 heteroatoms. The van der Waals surface area contributed by atoms with Crippen LogP contribution in [0.25, 0.3) is 50.3 Å². The van der Waals surface area contributed by atoms with Gasteiger partial charge in [0.05, 0.1) is 11.0 Å². The molecule has 2 heterocycles. The molecule has 0 spiro atoms. The van der Waals surface area contributed by atoms with Crippen LogP contribution in [0.3, 0.4) is 0 Å². The van der Waals surface area contributed by atoms with Gasteiger partial charge < -0.3 is 0 Å². The number of nitrogens with zero attached hydrogens (tertiary/aromatic N) is 4. The van der Waals surface area contributed by atoms with Crippen molar-refractivity contribution in [3.63, 3.8) is 0 Å². The first-order valence-corrected chi connectivity index (χ1v) is 19.4. The third-order valence-corrected chi connectivity index (χ3v) is 14.7. The van der Waals surface area contributed by atoms with Crippen LogP contribution in [0.5, 0.6) is 0 Å². The number of fused-ring (bicyclic) bond motifs is 3. The van der Waals surface area contributed by atoms with Crippen LogP contribution in [-0.4, -0.2) is 27.6 Å². The maximum absolute atomic E-state index is 6.75. The van der Waals surface area contributed by atoms with Crippen molar-refractivity contribution in [3.05, 3.63) is 193 Å². The van der Waals surface area contributed by atoms with Gasteiger partial charge in [0, 0.05) is 16.3 Å². The second-order valence-electron chi connectivity index (χ2n) is 12.6. The summed E-state index contributed by atoms with van der Waals surface area (Å²) in [5.41, 5.74) is 5.28. The lowest BCUT2D eigenvalue weighted by Gasteiger charge is -2.35. The molecule has 0 saturated heterocycles. The van der Waals surface area contributed by atoms with Crippen molar-refractivity contribution in [2.45, 2.75) is 0 Å². The second-order valence-corrected chi connectivity index (χ2v) is 16.8. The van der Waals surface area contributed by atoms with Crippen molar-refractivity contribution in [3.8, 4) is 28.5 Å². The number of benzene rings is 7. The van der Waals surface area contributed by atoms with E-state index in [1.165, 1.54) is 31.9 Å². The predicted molar refractivity (Wildman–Crippen MR) is 214 cm³/mol. The van der Waals surface area contributed by atoms with E-state index in [2.05, 4.69) is 185 Å². The van der Waals surface area contributed by atoms with Gasteiger partial charge in [-0.15, -0.1) is 0 Å². The van der Waals surface area contributed by atoms with Crippen molar-refractivity contribution in [2.75, 3.05) is 0 Å². The Hall–Kier alpha value is -6.14. The highest BCUT2D eigenvalue weighted by molar-refractivity contribution is 7.20. The van der Waals surface area contributed by atoms with Crippen LogP contribution in [0.4, 0.5) is 0 Å². The highest BCUT2D eigenvalue weighted by atomic mass is 35.5. The van der Waals surface area contributed by atoms with Gasteiger partial charge in [-0.25, -0.2) is 0 Å². The molecule has 242 valence electrons. The van der Waals surface area contributed by atoms with Crippen molar-refractivity contribution >= 4 is 62.2 Å². The fourth-order valence-electron chi connectivity index (χ4n) is 7.54. The van der Waals surface area contributed by atoms with Gasteiger partial charge >= 0.3 is 0 Å². The van der Waals surface area contributed by atoms with Crippen molar-refractivity contribution in [2.24, 2.45) is 0 Å². The summed E-state index contributed by atoms with van der Waals surface area (Å²) >= 11 is 6.75. The Morgan fingerprint density at radius 3 is 1.43 bits per heavy atom. The molecule has 0 atom stereocenters. The molecule has 0 aliphatic heterocycles. The molecule has 0 amide bonds. The minimum absolute atomic E-state index is 0.146. The normalized spacial score (nSPS) is 11.6. The first-order chi connectivity index (χ1) is 25.2. The summed E-state index contributed by atoms with van der Waals surface area (Å²) in [6, 6.07) is 66.9. The molecular weight excluding hydrogens is 660 g/mol. The van der Waals surface area contributed by atoms with E-state index in [9.17, 15) is 0 Å². The van der Waals surface area contributed by atoms with E-state index in [1.807, 2.05) is 12.1 Å². The zero-order valence-corrected chi connectivity index (χ0v) is 29.3. The minimum Gasteiger partial charge on any atom is -0.278 e. The van der Waals surface area contributed by atoms with E-state index >= 15 is 0 Å². The average molecular weight is 691 g/mol. The summed E-state index contributed by atoms with van der Waals surface area (Å²) in [5.74, 6) is 1.01. The molecule has 0 unspecified atom stereocenters. The van der Waals surface area contributed by atoms with Crippen LogP contribution in [0, 0.1) is 0 Å². The van der Waals surface area contributed by atoms with Gasteiger partial charge in [0.2, 0.25) is 11.2 Å². The van der Waals surface area contributed by atoms with Crippen LogP contribution < -0.4 is 20.7 Å². The fraction of sp³-hybridized carbons (Fsp3) is 0. The van der Waals surface area contributed by atoms with E-state index < -0.39 is 8.07 Å². The van der Waals surface area contributed by atoms with Crippen molar-refractivity contribution in [1.82, 2.24) is 19.5 Å². The van der Waals surface area contributed by atoms with Crippen LogP contribution in [0.2, 0.25) is 5.28 Å². The molecule has 9 rings (SSSR count). The average Bonchev–Trinajstić information content (AvgIpc) is 3.54. The standard InChI is InChI=1S/C45H31ClN4Si/c46-44-47-43(48-45(49-44)50-41-28-12-10-26-39(41)40-27-11-13-29-42(40)50)34-19-15-25-38(31-34)51(35-20-6-2-7-21-35,36-22-8-3-9-23-36)37-24-14-18-33(30-37)32-16-4-1-5-17-32/h1-31H. The van der Waals surface area contributed by atoms with E-state index in [0.717, 1.165) is 27.4 Å². The molecular formula is C45H31ClN4Si. The predicted octanol–water partition coefficient (Wildman–Crippen LogP) is 8.33. The Labute approximate surface area is 302 Å². The molecule has 0 aliphatic carbocycles. The number of para-hydroxylation sites is 2. The van der Waals surface area contributed by atoms with Crippen LogP contribution >= 0.6 is 11.6 Å². The SMILES string of the molecule is Clc1nc(-c2cccc([Si](c3ccccc3)(c3ccccc3)c3cccc(-c4ccccc4)c3)c2)nc(-n2c3ccccc3c3ccccc32)n1. The molecule has 4 nitrogen and oxygen atoms in total. The van der Waals surface area contributed by atoms with Crippen molar-refractivity contribution < 1.29 is 0 Å². The van der Waals surface area contributed by atoms with Gasteiger partial charge in [-0.1, -0.05) is 176 Å². The zero-order valence-electron chi connectivity index (χ0n) is 27.6. The molecule has 0 N–H and O–H groups in total. The molecule has 7 aromatic carbocycles. The van der Waals surface area contributed by atoms with Crippen LogP contribution in [0.1, 0.15) is 0 Å². The van der Waals surface area contributed by atoms with E-state index in [1.54, 1.807) is 0 Å². The van der Waals surface area contributed by atoms with Crippen LogP contribution in [0.15, 0.2) is 188 Å². The number of hydrogen-bond donors (Lipinski definition) is 0. The molecule has 0 fully saturated rings. The summed E-state index contributed by atoms with van der Waals surface area (Å²) in [7, 11) is -2.89. The van der Waals surface area contributed by atoms with E-state index in [4.69, 9.17) is 21.6 Å². The Balaban J connectivity index is 1.28. The fourth-order valence-corrected chi connectivity index (χ4v) is 12.5. The number of rotatable bonds is 7.